The summed E-state index contributed by atoms with van der Waals surface area (Å²) in [5, 5.41) is 0. The summed E-state index contributed by atoms with van der Waals surface area (Å²) in [6.07, 6.45) is 24.9. The molecule has 0 N–H and O–H groups in total. The number of esters is 1. The van der Waals surface area contributed by atoms with Crippen molar-refractivity contribution in [1.29, 1.82) is 0 Å². The minimum atomic E-state index is -0.0715. The molecule has 0 saturated heterocycles. The quantitative estimate of drug-likeness (QED) is 0.171. The largest absolute Gasteiger partial charge is 1.00 e. The molecule has 0 aromatic carbocycles. The molecule has 0 aliphatic rings. The van der Waals surface area contributed by atoms with E-state index in [-0.39, 0.29) is 37.0 Å². The number of carbonyl (C=O) groups excluding carboxylic acids is 1. The zero-order valence-corrected chi connectivity index (χ0v) is 18.8. The van der Waals surface area contributed by atoms with E-state index < -0.39 is 0 Å². The van der Waals surface area contributed by atoms with E-state index in [9.17, 15) is 4.79 Å². The van der Waals surface area contributed by atoms with Crippen LogP contribution in [0.2, 0.25) is 0 Å². The Labute approximate surface area is 175 Å². The first-order valence-electron chi connectivity index (χ1n) is 10.0. The van der Waals surface area contributed by atoms with Gasteiger partial charge < -0.3 is 6.16 Å². The molecular formula is C21H41NaO2. The van der Waals surface area contributed by atoms with Crippen molar-refractivity contribution in [2.75, 3.05) is 7.11 Å². The van der Waals surface area contributed by atoms with Gasteiger partial charge in [-0.1, -0.05) is 83.3 Å². The van der Waals surface area contributed by atoms with Gasteiger partial charge in [-0.3, -0.25) is 4.79 Å². The van der Waals surface area contributed by atoms with Gasteiger partial charge in [-0.15, -0.1) is 0 Å². The predicted molar refractivity (Wildman–Crippen MR) is 102 cm³/mol. The number of ether oxygens (including phenoxy) is 1. The first-order valence-corrected chi connectivity index (χ1v) is 10.0. The van der Waals surface area contributed by atoms with Crippen molar-refractivity contribution >= 4 is 5.97 Å². The van der Waals surface area contributed by atoms with Crippen LogP contribution >= 0.6 is 0 Å². The van der Waals surface area contributed by atoms with Gasteiger partial charge in [0.05, 0.1) is 7.11 Å². The summed E-state index contributed by atoms with van der Waals surface area (Å²) in [4.78, 5) is 10.9. The molecule has 0 spiro atoms. The first kappa shape index (κ1) is 26.4. The van der Waals surface area contributed by atoms with Crippen LogP contribution in [-0.2, 0) is 9.53 Å². The summed E-state index contributed by atoms with van der Waals surface area (Å²) in [6.45, 7) is 2.27. The summed E-state index contributed by atoms with van der Waals surface area (Å²) < 4.78 is 4.63. The maximum atomic E-state index is 10.9. The first-order chi connectivity index (χ1) is 11.3. The molecule has 138 valence electrons. The van der Waals surface area contributed by atoms with Crippen LogP contribution in [0, 0.1) is 0 Å². The Morgan fingerprint density at radius 3 is 1.62 bits per heavy atom. The van der Waals surface area contributed by atoms with Crippen molar-refractivity contribution in [2.24, 2.45) is 0 Å². The van der Waals surface area contributed by atoms with Crippen molar-refractivity contribution in [3.05, 3.63) is 12.2 Å². The van der Waals surface area contributed by atoms with Crippen LogP contribution in [0.3, 0.4) is 0 Å². The number of hydrogen-bond acceptors (Lipinski definition) is 2. The molecule has 0 heterocycles. The smallest absolute Gasteiger partial charge is 1.00 e. The van der Waals surface area contributed by atoms with Gasteiger partial charge in [0.2, 0.25) is 0 Å². The fourth-order valence-corrected chi connectivity index (χ4v) is 2.80. The molecule has 0 aliphatic carbocycles. The zero-order valence-electron chi connectivity index (χ0n) is 17.8. The second kappa shape index (κ2) is 23.2. The van der Waals surface area contributed by atoms with Gasteiger partial charge in [0.25, 0.3) is 0 Å². The fourth-order valence-electron chi connectivity index (χ4n) is 2.80. The van der Waals surface area contributed by atoms with Gasteiger partial charge in [-0.2, -0.15) is 0 Å². The van der Waals surface area contributed by atoms with Crippen LogP contribution in [-0.4, -0.2) is 13.1 Å². The Hall–Kier alpha value is 0.210. The maximum Gasteiger partial charge on any atom is 1.00 e. The Bertz CT molecular complexity index is 283. The topological polar surface area (TPSA) is 26.3 Å². The Morgan fingerprint density at radius 1 is 0.750 bits per heavy atom. The van der Waals surface area contributed by atoms with Crippen LogP contribution < -0.4 is 29.6 Å². The molecule has 0 bridgehead atoms. The van der Waals surface area contributed by atoms with Gasteiger partial charge in [-0.05, 0) is 32.1 Å². The van der Waals surface area contributed by atoms with E-state index in [1.54, 1.807) is 0 Å². The molecule has 0 unspecified atom stereocenters. The number of methoxy groups -OCH3 is 1. The summed E-state index contributed by atoms with van der Waals surface area (Å²) in [5.41, 5.74) is 0. The van der Waals surface area contributed by atoms with E-state index >= 15 is 0 Å². The molecule has 0 amide bonds. The van der Waals surface area contributed by atoms with E-state index in [0.29, 0.717) is 6.42 Å². The number of carbonyl (C=O) groups is 1. The van der Waals surface area contributed by atoms with Gasteiger partial charge in [0.1, 0.15) is 0 Å². The predicted octanol–water partition coefficient (Wildman–Crippen LogP) is 4.09. The Kier molecular flexibility index (Phi) is 25.6. The van der Waals surface area contributed by atoms with Crippen LogP contribution in [0.25, 0.3) is 0 Å². The average molecular weight is 349 g/mol. The van der Waals surface area contributed by atoms with Crippen molar-refractivity contribution in [2.45, 2.75) is 110 Å². The molecule has 0 fully saturated rings. The zero-order chi connectivity index (χ0) is 17.0. The van der Waals surface area contributed by atoms with Crippen LogP contribution in [0.1, 0.15) is 111 Å². The van der Waals surface area contributed by atoms with E-state index in [1.807, 2.05) is 0 Å². The molecule has 0 atom stereocenters. The maximum absolute atomic E-state index is 10.9. The number of hydrogen-bond donors (Lipinski definition) is 0. The molecule has 0 rings (SSSR count). The SMILES string of the molecule is CCCCCCCC/C=C\CCCCCCCCCC(=O)OC.[H-].[Na+]. The third-order valence-corrected chi connectivity index (χ3v) is 4.37. The van der Waals surface area contributed by atoms with Gasteiger partial charge in [0.15, 0.2) is 0 Å². The van der Waals surface area contributed by atoms with E-state index in [4.69, 9.17) is 0 Å². The second-order valence-electron chi connectivity index (χ2n) is 6.62. The van der Waals surface area contributed by atoms with Gasteiger partial charge in [-0.25, -0.2) is 0 Å². The summed E-state index contributed by atoms with van der Waals surface area (Å²) in [7, 11) is 1.46. The standard InChI is InChI=1S/C21H40O2.Na.H/c1-3-4-5-6-7-8-9-10-11-12-13-14-15-16-17-18-19-20-21(22)23-2;;/h10-11H,3-9,12-20H2,1-2H3;;/q;+1;-1/b11-10-;;. The molecular weight excluding hydrogens is 307 g/mol. The van der Waals surface area contributed by atoms with Crippen molar-refractivity contribution in [1.82, 2.24) is 0 Å². The van der Waals surface area contributed by atoms with E-state index in [0.717, 1.165) is 12.8 Å². The molecule has 2 nitrogen and oxygen atoms in total. The molecule has 24 heavy (non-hydrogen) atoms. The second-order valence-corrected chi connectivity index (χ2v) is 6.62. The monoisotopic (exact) mass is 348 g/mol. The fraction of sp³-hybridized carbons (Fsp3) is 0.857. The van der Waals surface area contributed by atoms with Crippen LogP contribution in [0.4, 0.5) is 0 Å². The van der Waals surface area contributed by atoms with Crippen LogP contribution in [0.15, 0.2) is 12.2 Å². The molecule has 0 radical (unpaired) electrons. The van der Waals surface area contributed by atoms with Crippen molar-refractivity contribution < 1.29 is 40.5 Å². The van der Waals surface area contributed by atoms with Gasteiger partial charge >= 0.3 is 35.5 Å². The van der Waals surface area contributed by atoms with E-state index in [2.05, 4.69) is 23.8 Å². The van der Waals surface area contributed by atoms with Gasteiger partial charge in [0, 0.05) is 6.42 Å². The molecule has 0 aromatic rings. The normalized spacial score (nSPS) is 10.8. The Balaban J connectivity index is -0.00000242. The molecule has 0 aliphatic heterocycles. The number of unbranched alkanes of at least 4 members (excludes halogenated alkanes) is 13. The van der Waals surface area contributed by atoms with E-state index in [1.165, 1.54) is 90.6 Å². The summed E-state index contributed by atoms with van der Waals surface area (Å²) in [6, 6.07) is 0. The number of allylic oxidation sites excluding steroid dienone is 2. The average Bonchev–Trinajstić information content (AvgIpc) is 2.57. The molecule has 3 heteroatoms. The summed E-state index contributed by atoms with van der Waals surface area (Å²) >= 11 is 0. The minimum Gasteiger partial charge on any atom is -1.00 e. The minimum absolute atomic E-state index is 0. The third-order valence-electron chi connectivity index (χ3n) is 4.37. The molecule has 0 saturated carbocycles. The van der Waals surface area contributed by atoms with Crippen LogP contribution in [0.5, 0.6) is 0 Å². The third kappa shape index (κ3) is 22.2. The Morgan fingerprint density at radius 2 is 1.17 bits per heavy atom. The number of rotatable bonds is 17. The summed E-state index contributed by atoms with van der Waals surface area (Å²) in [5.74, 6) is -0.0715. The van der Waals surface area contributed by atoms with Crippen molar-refractivity contribution in [3.63, 3.8) is 0 Å². The van der Waals surface area contributed by atoms with Crippen molar-refractivity contribution in [3.8, 4) is 0 Å². The molecule has 0 aromatic heterocycles.